The Morgan fingerprint density at radius 1 is 0.946 bits per heavy atom. The van der Waals surface area contributed by atoms with Crippen LogP contribution < -0.4 is 25.2 Å². The van der Waals surface area contributed by atoms with Crippen molar-refractivity contribution in [3.8, 4) is 33.5 Å². The summed E-state index contributed by atoms with van der Waals surface area (Å²) in [7, 11) is 0. The maximum absolute atomic E-state index is 15.7. The van der Waals surface area contributed by atoms with E-state index in [4.69, 9.17) is 17.0 Å². The summed E-state index contributed by atoms with van der Waals surface area (Å²) in [6.45, 7) is 10.8. The number of aryl methyl sites for hydroxylation is 1. The second kappa shape index (κ2) is 20.7. The summed E-state index contributed by atoms with van der Waals surface area (Å²) in [4.78, 5) is 68.3. The maximum atomic E-state index is 15.7. The fourth-order valence-corrected chi connectivity index (χ4v) is 10.3. The molecule has 2 aromatic heterocycles. The predicted octanol–water partition coefficient (Wildman–Crippen LogP) is 10.3. The Morgan fingerprint density at radius 3 is 2.24 bits per heavy atom. The molecule has 6 aromatic rings. The van der Waals surface area contributed by atoms with Gasteiger partial charge < -0.3 is 25.2 Å². The van der Waals surface area contributed by atoms with Gasteiger partial charge in [0, 0.05) is 18.7 Å². The highest BCUT2D eigenvalue weighted by Crippen LogP contribution is 2.42. The lowest BCUT2D eigenvalue weighted by molar-refractivity contribution is -0.142. The molecule has 4 aromatic carbocycles. The lowest BCUT2D eigenvalue weighted by Crippen LogP contribution is -2.57. The van der Waals surface area contributed by atoms with E-state index in [1.165, 1.54) is 48.0 Å². The Hall–Kier alpha value is -7.63. The second-order valence-corrected chi connectivity index (χ2v) is 20.6. The topological polar surface area (TPSA) is 161 Å². The SMILES string of the molecule is Cc1ncsc1-c1ccc(CNC(=O)[C@@H]2CCCN2C(=O)C(NC(=O)c2ccc(COc3ccc(-c4ccc(N5C(=S)N(c6ccc(C#N)c(C(F)(F)F)c6F)C(=O)C5(C)C)cn4)cc3)cc2F)C(C)(C)C)cc1. The molecule has 0 aliphatic carbocycles. The first kappa shape index (κ1) is 52.7. The molecular weight excluding hydrogens is 1000 g/mol. The number of likely N-dealkylation sites (tertiary alicyclic amines) is 1. The number of benzene rings is 4. The van der Waals surface area contributed by atoms with Crippen LogP contribution in [-0.4, -0.2) is 67.8 Å². The minimum absolute atomic E-state index is 0.0599. The zero-order chi connectivity index (χ0) is 53.4. The zero-order valence-electron chi connectivity index (χ0n) is 40.9. The molecule has 0 bridgehead atoms. The number of aromatic nitrogens is 2. The molecule has 20 heteroatoms. The van der Waals surface area contributed by atoms with Crippen LogP contribution in [0.5, 0.6) is 5.75 Å². The Kier molecular flexibility index (Phi) is 14.7. The third-order valence-corrected chi connectivity index (χ3v) is 14.3. The first-order chi connectivity index (χ1) is 35.0. The van der Waals surface area contributed by atoms with Gasteiger partial charge in [0.2, 0.25) is 11.8 Å². The van der Waals surface area contributed by atoms with Crippen molar-refractivity contribution in [1.29, 1.82) is 5.26 Å². The van der Waals surface area contributed by atoms with Crippen LogP contribution in [0.3, 0.4) is 0 Å². The molecule has 2 aliphatic rings. The van der Waals surface area contributed by atoms with Crippen molar-refractivity contribution < 1.29 is 45.9 Å². The first-order valence-corrected chi connectivity index (χ1v) is 24.6. The molecular formula is C54H49F5N8O5S2. The molecule has 2 N–H and O–H groups in total. The van der Waals surface area contributed by atoms with Crippen LogP contribution in [0, 0.1) is 35.3 Å². The van der Waals surface area contributed by atoms with E-state index in [2.05, 4.69) is 20.6 Å². The number of hydrogen-bond acceptors (Lipinski definition) is 10. The van der Waals surface area contributed by atoms with Gasteiger partial charge in [-0.3, -0.25) is 29.1 Å². The number of amides is 4. The quantitative estimate of drug-likeness (QED) is 0.0842. The van der Waals surface area contributed by atoms with Gasteiger partial charge in [-0.15, -0.1) is 11.3 Å². The number of carbonyl (C=O) groups excluding carboxylic acids is 4. The molecule has 0 spiro atoms. The zero-order valence-corrected chi connectivity index (χ0v) is 42.6. The van der Waals surface area contributed by atoms with Gasteiger partial charge in [0.05, 0.1) is 56.5 Å². The van der Waals surface area contributed by atoms with Crippen molar-refractivity contribution in [2.24, 2.45) is 5.41 Å². The van der Waals surface area contributed by atoms with Crippen LogP contribution in [0.25, 0.3) is 21.7 Å². The van der Waals surface area contributed by atoms with Crippen molar-refractivity contribution >= 4 is 63.7 Å². The van der Waals surface area contributed by atoms with Crippen LogP contribution in [0.15, 0.2) is 103 Å². The van der Waals surface area contributed by atoms with Crippen LogP contribution in [0.2, 0.25) is 0 Å². The summed E-state index contributed by atoms with van der Waals surface area (Å²) in [5, 5.41) is 14.6. The van der Waals surface area contributed by atoms with Gasteiger partial charge >= 0.3 is 6.18 Å². The number of anilines is 2. The van der Waals surface area contributed by atoms with Crippen molar-refractivity contribution in [3.05, 3.63) is 148 Å². The number of nitrogens with zero attached hydrogens (tertiary/aromatic N) is 6. The van der Waals surface area contributed by atoms with Crippen LogP contribution in [0.1, 0.15) is 85.8 Å². The van der Waals surface area contributed by atoms with E-state index in [0.29, 0.717) is 52.5 Å². The molecule has 13 nitrogen and oxygen atoms in total. The van der Waals surface area contributed by atoms with E-state index in [-0.39, 0.29) is 29.7 Å². The molecule has 2 fully saturated rings. The molecule has 4 heterocycles. The lowest BCUT2D eigenvalue weighted by atomic mass is 9.85. The summed E-state index contributed by atoms with van der Waals surface area (Å²) < 4.78 is 78.5. The predicted molar refractivity (Wildman–Crippen MR) is 273 cm³/mol. The van der Waals surface area contributed by atoms with Gasteiger partial charge in [-0.05, 0) is 129 Å². The van der Waals surface area contributed by atoms with Crippen molar-refractivity contribution in [3.63, 3.8) is 0 Å². The summed E-state index contributed by atoms with van der Waals surface area (Å²) in [5.41, 5.74) is 0.526. The average Bonchev–Trinajstić information content (AvgIpc) is 4.07. The van der Waals surface area contributed by atoms with Gasteiger partial charge in [0.25, 0.3) is 11.8 Å². The highest BCUT2D eigenvalue weighted by atomic mass is 32.1. The van der Waals surface area contributed by atoms with Crippen molar-refractivity contribution in [2.45, 2.75) is 91.3 Å². The summed E-state index contributed by atoms with van der Waals surface area (Å²) in [5.74, 6) is -4.52. The molecule has 2 saturated heterocycles. The number of pyridine rings is 1. The minimum Gasteiger partial charge on any atom is -0.489 e. The molecule has 4 amide bonds. The fraction of sp³-hybridized carbons (Fsp3) is 0.296. The van der Waals surface area contributed by atoms with Crippen molar-refractivity contribution in [2.75, 3.05) is 16.3 Å². The summed E-state index contributed by atoms with van der Waals surface area (Å²) in [6, 6.07) is 23.1. The third-order valence-electron chi connectivity index (χ3n) is 12.9. The fourth-order valence-electron chi connectivity index (χ4n) is 8.95. The van der Waals surface area contributed by atoms with Crippen LogP contribution in [0.4, 0.5) is 33.3 Å². The number of thiocarbonyl (C=S) groups is 1. The largest absolute Gasteiger partial charge is 0.489 e. The van der Waals surface area contributed by atoms with Gasteiger partial charge in [-0.1, -0.05) is 51.1 Å². The molecule has 0 saturated carbocycles. The third kappa shape index (κ3) is 10.6. The number of ether oxygens (including phenoxy) is 1. The van der Waals surface area contributed by atoms with Gasteiger partial charge in [-0.2, -0.15) is 18.4 Å². The Labute approximate surface area is 433 Å². The Balaban J connectivity index is 0.866. The molecule has 382 valence electrons. The normalized spacial score (nSPS) is 16.0. The molecule has 2 aliphatic heterocycles. The second-order valence-electron chi connectivity index (χ2n) is 19.4. The molecule has 74 heavy (non-hydrogen) atoms. The maximum Gasteiger partial charge on any atom is 0.420 e. The van der Waals surface area contributed by atoms with E-state index in [0.717, 1.165) is 33.8 Å². The van der Waals surface area contributed by atoms with E-state index in [1.54, 1.807) is 80.1 Å². The van der Waals surface area contributed by atoms with Gasteiger partial charge in [0.1, 0.15) is 41.4 Å². The molecule has 2 atom stereocenters. The number of hydrogen-bond donors (Lipinski definition) is 2. The van der Waals surface area contributed by atoms with Crippen LogP contribution in [-0.2, 0) is 33.7 Å². The monoisotopic (exact) mass is 1050 g/mol. The number of thiazole rings is 1. The number of rotatable bonds is 13. The van der Waals surface area contributed by atoms with Gasteiger partial charge in [-0.25, -0.2) is 13.8 Å². The first-order valence-electron chi connectivity index (χ1n) is 23.3. The molecule has 8 rings (SSSR count). The minimum atomic E-state index is -5.21. The molecule has 1 unspecified atom stereocenters. The van der Waals surface area contributed by atoms with E-state index < -0.39 is 75.4 Å². The van der Waals surface area contributed by atoms with E-state index in [1.807, 2.05) is 31.2 Å². The standard InChI is InChI=1S/C54H49F5N8O5S2/c1-30-45(74-29-63-30)34-12-9-31(10-13-34)26-62-48(69)42-8-7-23-65(42)49(70)46(52(2,3)4)64-47(68)38-20-11-32(24-39(38)55)28-72-37-18-14-33(15-19-37)40-21-17-36(27-61-40)67-51(73)66(50(71)53(67,5)6)41-22-16-35(25-60)43(44(41)56)54(57,58)59/h9-22,24,27,29,42,46H,7-8,23,26,28H2,1-6H3,(H,62,69)(H,64,68)/t42-,46?/m0/s1. The summed E-state index contributed by atoms with van der Waals surface area (Å²) >= 11 is 7.10. The van der Waals surface area contributed by atoms with Gasteiger partial charge in [0.15, 0.2) is 10.9 Å². The number of carbonyl (C=O) groups is 4. The number of alkyl halides is 3. The Morgan fingerprint density at radius 2 is 1.64 bits per heavy atom. The van der Waals surface area contributed by atoms with Crippen LogP contribution >= 0.6 is 23.6 Å². The smallest absolute Gasteiger partial charge is 0.420 e. The number of nitriles is 1. The highest BCUT2D eigenvalue weighted by molar-refractivity contribution is 7.81. The Bertz CT molecular complexity index is 3210. The van der Waals surface area contributed by atoms with Crippen molar-refractivity contribution in [1.82, 2.24) is 25.5 Å². The highest BCUT2D eigenvalue weighted by Gasteiger charge is 2.52. The number of nitrogens with one attached hydrogen (secondary N) is 2. The van der Waals surface area contributed by atoms with E-state index in [9.17, 15) is 37.6 Å². The lowest BCUT2D eigenvalue weighted by Gasteiger charge is -2.35. The molecule has 0 radical (unpaired) electrons. The number of halogens is 5. The summed E-state index contributed by atoms with van der Waals surface area (Å²) in [6.07, 6.45) is -2.74. The van der Waals surface area contributed by atoms with E-state index >= 15 is 8.78 Å². The average molecular weight is 1050 g/mol.